The van der Waals surface area contributed by atoms with Gasteiger partial charge in [-0.3, -0.25) is 0 Å². The van der Waals surface area contributed by atoms with Crippen molar-refractivity contribution in [2.75, 3.05) is 24.7 Å². The lowest BCUT2D eigenvalue weighted by Gasteiger charge is -2.49. The smallest absolute Gasteiger partial charge is 0.184 e. The van der Waals surface area contributed by atoms with Gasteiger partial charge in [0.2, 0.25) is 0 Å². The summed E-state index contributed by atoms with van der Waals surface area (Å²) >= 11 is 3.77. The molecule has 0 atom stereocenters. The first-order valence-corrected chi connectivity index (χ1v) is 13.6. The molecule has 0 spiro atoms. The molecule has 1 fully saturated rings. The second-order valence-corrected chi connectivity index (χ2v) is 13.2. The van der Waals surface area contributed by atoms with E-state index in [1.807, 2.05) is 29.6 Å². The molecule has 4 rings (SSSR count). The number of benzene rings is 1. The lowest BCUT2D eigenvalue weighted by molar-refractivity contribution is 0.0110. The first kappa shape index (κ1) is 24.0. The number of hydrogen-bond donors (Lipinski definition) is 1. The van der Waals surface area contributed by atoms with Crippen LogP contribution in [0, 0.1) is 0 Å². The Morgan fingerprint density at radius 3 is 1.81 bits per heavy atom. The lowest BCUT2D eigenvalue weighted by Crippen LogP contribution is -2.49. The molecule has 7 heteroatoms. The number of hydrogen-bond acceptors (Lipinski definition) is 7. The molecule has 1 saturated heterocycles. The molecular formula is C25H36N2O3S2. The van der Waals surface area contributed by atoms with Crippen LogP contribution in [-0.4, -0.2) is 58.3 Å². The summed E-state index contributed by atoms with van der Waals surface area (Å²) in [7, 11) is 0. The Hall–Kier alpha value is -1.18. The second kappa shape index (κ2) is 9.22. The molecule has 3 aliphatic rings. The molecule has 5 nitrogen and oxygen atoms in total. The van der Waals surface area contributed by atoms with E-state index in [1.165, 1.54) is 5.56 Å². The van der Waals surface area contributed by atoms with Gasteiger partial charge in [-0.1, -0.05) is 30.3 Å². The van der Waals surface area contributed by atoms with Crippen molar-refractivity contribution >= 4 is 35.3 Å². The van der Waals surface area contributed by atoms with Crippen LogP contribution >= 0.6 is 23.5 Å². The third kappa shape index (κ3) is 5.15. The third-order valence-corrected chi connectivity index (χ3v) is 9.95. The summed E-state index contributed by atoms with van der Waals surface area (Å²) in [6.07, 6.45) is 3.61. The van der Waals surface area contributed by atoms with Crippen molar-refractivity contribution in [1.82, 2.24) is 0 Å². The minimum Gasteiger partial charge on any atom is -0.478 e. The van der Waals surface area contributed by atoms with Gasteiger partial charge in [-0.15, -0.1) is 23.5 Å². The normalized spacial score (nSPS) is 23.8. The zero-order valence-electron chi connectivity index (χ0n) is 19.7. The molecule has 0 bridgehead atoms. The van der Waals surface area contributed by atoms with Gasteiger partial charge in [0, 0.05) is 12.8 Å². The van der Waals surface area contributed by atoms with E-state index in [0.29, 0.717) is 38.9 Å². The molecule has 0 aliphatic carbocycles. The molecule has 3 heterocycles. The quantitative estimate of drug-likeness (QED) is 0.543. The highest BCUT2D eigenvalue weighted by atomic mass is 32.2. The Morgan fingerprint density at radius 1 is 0.875 bits per heavy atom. The van der Waals surface area contributed by atoms with Crippen LogP contribution in [0.4, 0.5) is 0 Å². The highest BCUT2D eigenvalue weighted by Crippen LogP contribution is 2.59. The Labute approximate surface area is 200 Å². The number of ether oxygens (including phenoxy) is 2. The maximum atomic E-state index is 12.5. The van der Waals surface area contributed by atoms with Gasteiger partial charge >= 0.3 is 0 Å². The summed E-state index contributed by atoms with van der Waals surface area (Å²) < 4.78 is 11.3. The number of rotatable bonds is 8. The predicted octanol–water partition coefficient (Wildman–Crippen LogP) is 5.42. The molecule has 32 heavy (non-hydrogen) atoms. The Bertz CT molecular complexity index is 823. The Morgan fingerprint density at radius 2 is 1.38 bits per heavy atom. The molecule has 0 saturated carbocycles. The molecule has 0 radical (unpaired) electrons. The highest BCUT2D eigenvalue weighted by Gasteiger charge is 2.53. The molecule has 176 valence electrons. The van der Waals surface area contributed by atoms with E-state index >= 15 is 0 Å². The molecule has 0 aromatic heterocycles. The van der Waals surface area contributed by atoms with Crippen molar-refractivity contribution in [2.24, 2.45) is 9.98 Å². The molecule has 1 N–H and O–H groups in total. The van der Waals surface area contributed by atoms with Crippen molar-refractivity contribution < 1.29 is 14.6 Å². The summed E-state index contributed by atoms with van der Waals surface area (Å²) in [4.78, 5) is 9.48. The topological polar surface area (TPSA) is 63.4 Å². The van der Waals surface area contributed by atoms with Crippen LogP contribution in [0.3, 0.4) is 0 Å². The molecule has 0 unspecified atom stereocenters. The lowest BCUT2D eigenvalue weighted by atomic mass is 9.84. The maximum Gasteiger partial charge on any atom is 0.184 e. The van der Waals surface area contributed by atoms with Gasteiger partial charge in [0.1, 0.15) is 17.3 Å². The third-order valence-electron chi connectivity index (χ3n) is 6.21. The zero-order valence-corrected chi connectivity index (χ0v) is 21.4. The van der Waals surface area contributed by atoms with Crippen molar-refractivity contribution in [2.45, 2.75) is 80.6 Å². The van der Waals surface area contributed by atoms with Gasteiger partial charge in [-0.05, 0) is 64.0 Å². The van der Waals surface area contributed by atoms with E-state index in [-0.39, 0.29) is 11.1 Å². The van der Waals surface area contributed by atoms with E-state index in [9.17, 15) is 5.11 Å². The summed E-state index contributed by atoms with van der Waals surface area (Å²) in [6.45, 7) is 9.55. The van der Waals surface area contributed by atoms with Crippen LogP contribution in [0.2, 0.25) is 0 Å². The van der Waals surface area contributed by atoms with E-state index in [2.05, 4.69) is 52.0 Å². The van der Waals surface area contributed by atoms with E-state index < -0.39 is 9.68 Å². The standard InChI is InChI=1S/C25H36N2O3S2/c1-22(2)17-29-20(26-22)11-13-24(28,14-12-21-27-23(3,4)18-30-21)25(31-15-8-16-32-25)19-9-6-5-7-10-19/h5-7,9-10,28H,8,11-18H2,1-4H3. The van der Waals surface area contributed by atoms with Crippen LogP contribution < -0.4 is 0 Å². The van der Waals surface area contributed by atoms with Gasteiger partial charge in [0.25, 0.3) is 0 Å². The molecule has 3 aliphatic heterocycles. The SMILES string of the molecule is CC1(C)COC(CCC(O)(CCC2=NC(C)(C)CO2)C2(c3ccccc3)SCCCS2)=N1. The molecule has 0 amide bonds. The van der Waals surface area contributed by atoms with Gasteiger partial charge in [0.15, 0.2) is 11.8 Å². The first-order chi connectivity index (χ1) is 15.1. The van der Waals surface area contributed by atoms with Crippen molar-refractivity contribution in [1.29, 1.82) is 0 Å². The van der Waals surface area contributed by atoms with Gasteiger partial charge in [0.05, 0.1) is 16.7 Å². The fraction of sp³-hybridized carbons (Fsp3) is 0.680. The summed E-state index contributed by atoms with van der Waals surface area (Å²) in [6, 6.07) is 10.5. The van der Waals surface area contributed by atoms with Gasteiger partial charge in [-0.25, -0.2) is 9.98 Å². The maximum absolute atomic E-state index is 12.5. The van der Waals surface area contributed by atoms with Crippen molar-refractivity contribution in [3.63, 3.8) is 0 Å². The highest BCUT2D eigenvalue weighted by molar-refractivity contribution is 8.18. The largest absolute Gasteiger partial charge is 0.478 e. The monoisotopic (exact) mass is 476 g/mol. The van der Waals surface area contributed by atoms with E-state index in [0.717, 1.165) is 29.7 Å². The second-order valence-electron chi connectivity index (χ2n) is 10.3. The van der Waals surface area contributed by atoms with Crippen molar-refractivity contribution in [3.8, 4) is 0 Å². The molecular weight excluding hydrogens is 440 g/mol. The Balaban J connectivity index is 1.63. The molecule has 1 aromatic carbocycles. The fourth-order valence-corrected chi connectivity index (χ4v) is 8.28. The zero-order chi connectivity index (χ0) is 22.9. The summed E-state index contributed by atoms with van der Waals surface area (Å²) in [5, 5.41) is 12.5. The number of aliphatic hydroxyl groups is 1. The number of aliphatic imine (C=N–C) groups is 2. The average Bonchev–Trinajstić information content (AvgIpc) is 3.32. The van der Waals surface area contributed by atoms with E-state index in [1.54, 1.807) is 0 Å². The van der Waals surface area contributed by atoms with E-state index in [4.69, 9.17) is 19.5 Å². The summed E-state index contributed by atoms with van der Waals surface area (Å²) in [5.74, 6) is 3.61. The molecule has 1 aromatic rings. The van der Waals surface area contributed by atoms with Gasteiger partial charge < -0.3 is 14.6 Å². The van der Waals surface area contributed by atoms with Crippen LogP contribution in [0.15, 0.2) is 40.3 Å². The van der Waals surface area contributed by atoms with Crippen molar-refractivity contribution in [3.05, 3.63) is 35.9 Å². The number of nitrogens with zero attached hydrogens (tertiary/aromatic N) is 2. The number of thioether (sulfide) groups is 2. The summed E-state index contributed by atoms with van der Waals surface area (Å²) in [5.41, 5.74) is -0.142. The average molecular weight is 477 g/mol. The fourth-order valence-electron chi connectivity index (χ4n) is 4.56. The van der Waals surface area contributed by atoms with Gasteiger partial charge in [-0.2, -0.15) is 0 Å². The Kier molecular flexibility index (Phi) is 6.91. The van der Waals surface area contributed by atoms with Crippen LogP contribution in [0.25, 0.3) is 0 Å². The van der Waals surface area contributed by atoms with Crippen LogP contribution in [-0.2, 0) is 13.6 Å². The predicted molar refractivity (Wildman–Crippen MR) is 136 cm³/mol. The first-order valence-electron chi connectivity index (χ1n) is 11.6. The van der Waals surface area contributed by atoms with Crippen LogP contribution in [0.5, 0.6) is 0 Å². The minimum absolute atomic E-state index is 0.184. The van der Waals surface area contributed by atoms with Crippen LogP contribution in [0.1, 0.15) is 65.4 Å². The minimum atomic E-state index is -0.957.